The van der Waals surface area contributed by atoms with Gasteiger partial charge in [-0.25, -0.2) is 0 Å². The minimum absolute atomic E-state index is 0.0577. The topological polar surface area (TPSA) is 126 Å². The van der Waals surface area contributed by atoms with E-state index in [1.165, 1.54) is 0 Å². The highest BCUT2D eigenvalue weighted by Gasteiger charge is 2.53. The predicted molar refractivity (Wildman–Crippen MR) is 181 cm³/mol. The fraction of sp³-hybridized carbons (Fsp3) is 0.588. The van der Waals surface area contributed by atoms with E-state index in [4.69, 9.17) is 39.8 Å². The molecule has 2 aliphatic carbocycles. The largest absolute Gasteiger partial charge is 0.384 e. The van der Waals surface area contributed by atoms with E-state index in [0.29, 0.717) is 28.6 Å². The van der Waals surface area contributed by atoms with Gasteiger partial charge in [0.25, 0.3) is 11.8 Å². The molecule has 1 aliphatic heterocycles. The Morgan fingerprint density at radius 2 is 1.80 bits per heavy atom. The van der Waals surface area contributed by atoms with Crippen molar-refractivity contribution in [1.82, 2.24) is 10.2 Å². The summed E-state index contributed by atoms with van der Waals surface area (Å²) >= 11 is 13.0. The fourth-order valence-electron chi connectivity index (χ4n) is 6.62. The van der Waals surface area contributed by atoms with Gasteiger partial charge in [0.05, 0.1) is 18.0 Å². The van der Waals surface area contributed by atoms with Crippen molar-refractivity contribution in [2.45, 2.75) is 104 Å². The number of alkyl halides is 1. The number of amides is 2. The second-order valence-corrected chi connectivity index (χ2v) is 15.7. The van der Waals surface area contributed by atoms with Gasteiger partial charge in [-0.1, -0.05) is 65.3 Å². The molecule has 2 amide bonds. The molecule has 240 valence electrons. The van der Waals surface area contributed by atoms with E-state index in [0.717, 1.165) is 49.7 Å². The molecule has 1 aromatic carbocycles. The van der Waals surface area contributed by atoms with Crippen LogP contribution in [0.15, 0.2) is 57.1 Å². The third kappa shape index (κ3) is 7.86. The Morgan fingerprint density at radius 3 is 2.34 bits per heavy atom. The van der Waals surface area contributed by atoms with E-state index in [2.05, 4.69) is 56.9 Å². The van der Waals surface area contributed by atoms with Gasteiger partial charge in [-0.15, -0.1) is 11.6 Å². The van der Waals surface area contributed by atoms with Crippen LogP contribution in [0.4, 0.5) is 0 Å². The summed E-state index contributed by atoms with van der Waals surface area (Å²) in [6.07, 6.45) is 9.37. The van der Waals surface area contributed by atoms with Crippen LogP contribution in [0.25, 0.3) is 0 Å². The van der Waals surface area contributed by atoms with Crippen molar-refractivity contribution in [1.29, 1.82) is 0 Å². The molecule has 8 nitrogen and oxygen atoms in total. The number of amidine groups is 1. The molecule has 4 rings (SSSR count). The molecule has 1 heterocycles. The minimum atomic E-state index is -0.651. The summed E-state index contributed by atoms with van der Waals surface area (Å²) in [4.78, 5) is 34.8. The minimum Gasteiger partial charge on any atom is -0.384 e. The summed E-state index contributed by atoms with van der Waals surface area (Å²) in [5.74, 6) is 5.52. The third-order valence-corrected chi connectivity index (χ3v) is 9.72. The van der Waals surface area contributed by atoms with Gasteiger partial charge in [-0.3, -0.25) is 14.6 Å². The van der Waals surface area contributed by atoms with Gasteiger partial charge < -0.3 is 21.8 Å². The first-order valence-corrected chi connectivity index (χ1v) is 16.4. The number of nitrogens with two attached hydrogens (primary N) is 2. The van der Waals surface area contributed by atoms with Crippen molar-refractivity contribution < 1.29 is 9.59 Å². The smallest absolute Gasteiger partial charge is 0.274 e. The first kappa shape index (κ1) is 34.0. The normalized spacial score (nSPS) is 25.5. The monoisotopic (exact) mass is 642 g/mol. The summed E-state index contributed by atoms with van der Waals surface area (Å²) in [5, 5.41) is 6.37. The van der Waals surface area contributed by atoms with Crippen LogP contribution in [-0.2, 0) is 4.79 Å². The van der Waals surface area contributed by atoms with Gasteiger partial charge >= 0.3 is 0 Å². The van der Waals surface area contributed by atoms with Crippen LogP contribution in [-0.4, -0.2) is 45.8 Å². The molecule has 0 saturated heterocycles. The first-order chi connectivity index (χ1) is 20.5. The highest BCUT2D eigenvalue weighted by molar-refractivity contribution is 6.47. The summed E-state index contributed by atoms with van der Waals surface area (Å²) < 4.78 is 0. The quantitative estimate of drug-likeness (QED) is 0.0948. The fourth-order valence-corrected chi connectivity index (χ4v) is 7.27. The number of halogens is 2. The molecule has 2 atom stereocenters. The Hall–Kier alpha value is -2.84. The molecule has 0 aromatic heterocycles. The van der Waals surface area contributed by atoms with Gasteiger partial charge in [0, 0.05) is 10.6 Å². The van der Waals surface area contributed by atoms with Gasteiger partial charge in [0.15, 0.2) is 0 Å². The maximum Gasteiger partial charge on any atom is 0.274 e. The van der Waals surface area contributed by atoms with Crippen LogP contribution in [0.1, 0.15) is 108 Å². The number of rotatable bonds is 8. The number of nitrogens with zero attached hydrogens (tertiary/aromatic N) is 3. The van der Waals surface area contributed by atoms with E-state index in [9.17, 15) is 9.59 Å². The maximum absolute atomic E-state index is 14.6. The summed E-state index contributed by atoms with van der Waals surface area (Å²) in [7, 11) is 0. The number of allylic oxidation sites excluding steroid dienone is 3. The number of hydrogen-bond donors (Lipinski definition) is 3. The number of aliphatic imine (C=N–C) groups is 1. The molecule has 1 spiro atoms. The van der Waals surface area contributed by atoms with Crippen molar-refractivity contribution in [3.8, 4) is 0 Å². The number of hydrazone groups is 1. The summed E-state index contributed by atoms with van der Waals surface area (Å²) in [5.41, 5.74) is 7.96. The van der Waals surface area contributed by atoms with Gasteiger partial charge in [0.1, 0.15) is 17.2 Å². The van der Waals surface area contributed by atoms with Crippen molar-refractivity contribution in [2.75, 3.05) is 6.54 Å². The molecule has 0 radical (unpaired) electrons. The lowest BCUT2D eigenvalue weighted by Gasteiger charge is -2.47. The average molecular weight is 644 g/mol. The maximum atomic E-state index is 14.6. The molecule has 10 heteroatoms. The Balaban J connectivity index is 1.74. The van der Waals surface area contributed by atoms with E-state index < -0.39 is 5.66 Å². The molecule has 1 fully saturated rings. The Bertz CT molecular complexity index is 1360. The third-order valence-electron chi connectivity index (χ3n) is 9.21. The summed E-state index contributed by atoms with van der Waals surface area (Å²) in [6, 6.07) is 7.27. The van der Waals surface area contributed by atoms with Crippen molar-refractivity contribution in [3.05, 3.63) is 58.1 Å². The first-order valence-electron chi connectivity index (χ1n) is 15.6. The van der Waals surface area contributed by atoms with Crippen LogP contribution < -0.4 is 16.9 Å². The van der Waals surface area contributed by atoms with E-state index >= 15 is 0 Å². The number of carbonyl (C=O) groups excluding carboxylic acids is 2. The van der Waals surface area contributed by atoms with Crippen molar-refractivity contribution >= 4 is 46.6 Å². The highest BCUT2D eigenvalue weighted by Crippen LogP contribution is 2.50. The molecular formula is C34H48Cl2N6O2. The number of nitrogens with one attached hydrogen (secondary N) is 1. The highest BCUT2D eigenvalue weighted by atomic mass is 35.5. The van der Waals surface area contributed by atoms with Crippen molar-refractivity contribution in [2.24, 2.45) is 38.4 Å². The number of benzene rings is 1. The van der Waals surface area contributed by atoms with E-state index in [-0.39, 0.29) is 46.4 Å². The van der Waals surface area contributed by atoms with Gasteiger partial charge in [0.2, 0.25) is 0 Å². The van der Waals surface area contributed by atoms with Gasteiger partial charge in [-0.05, 0) is 97.1 Å². The Morgan fingerprint density at radius 1 is 1.16 bits per heavy atom. The molecule has 3 aliphatic rings. The molecule has 5 N–H and O–H groups in total. The van der Waals surface area contributed by atoms with Gasteiger partial charge in [-0.2, -0.15) is 5.10 Å². The van der Waals surface area contributed by atoms with E-state index in [1.54, 1.807) is 18.2 Å². The zero-order valence-electron chi connectivity index (χ0n) is 26.9. The second-order valence-electron chi connectivity index (χ2n) is 14.7. The zero-order valence-corrected chi connectivity index (χ0v) is 28.4. The van der Waals surface area contributed by atoms with Crippen LogP contribution >= 0.6 is 23.2 Å². The Kier molecular flexibility index (Phi) is 10.3. The zero-order chi connectivity index (χ0) is 32.4. The van der Waals surface area contributed by atoms with Crippen LogP contribution in [0.2, 0.25) is 0 Å². The molecule has 1 saturated carbocycles. The van der Waals surface area contributed by atoms with Crippen molar-refractivity contribution in [3.63, 3.8) is 0 Å². The van der Waals surface area contributed by atoms with Crippen LogP contribution in [0.5, 0.6) is 0 Å². The molecule has 0 bridgehead atoms. The summed E-state index contributed by atoms with van der Waals surface area (Å²) in [6.45, 7) is 13.6. The van der Waals surface area contributed by atoms with E-state index in [1.807, 2.05) is 18.2 Å². The lowest BCUT2D eigenvalue weighted by Crippen LogP contribution is -2.51. The number of carbonyl (C=O) groups is 2. The molecule has 1 aromatic rings. The Labute approximate surface area is 272 Å². The second kappa shape index (κ2) is 13.3. The molecular weight excluding hydrogens is 595 g/mol. The molecule has 2 unspecified atom stereocenters. The predicted octanol–water partition coefficient (Wildman–Crippen LogP) is 6.79. The van der Waals surface area contributed by atoms with Crippen LogP contribution in [0, 0.1) is 16.7 Å². The average Bonchev–Trinajstić information content (AvgIpc) is 3.21. The van der Waals surface area contributed by atoms with Crippen LogP contribution in [0.3, 0.4) is 0 Å². The standard InChI is InChI=1S/C34H48Cl2N6O2/c1-32(2,3)14-13-27(21-7-9-22(10-8-21)30(43)39-20-28(37)41-38)42-31(44)29(23-17-25(35)19-26(36)18-23)40-34(42)15-11-24(12-16-34)33(4,5)6/h7-10,17,19,24,26-27H,11-16,18,20,38H2,1-6H3,(H2,37,41)(H,39,43). The molecule has 44 heavy (non-hydrogen) atoms. The lowest BCUT2D eigenvalue weighted by atomic mass is 9.69. The SMILES string of the molecule is CC(C)(C)CCC(c1ccc(C(=O)NCC(N)=NN)cc1)N1C(=O)C(C2=CC(Cl)=CC(Cl)C2)=NC12CCC(C(C)(C)C)CC2. The lowest BCUT2D eigenvalue weighted by molar-refractivity contribution is -0.134. The number of hydrogen-bond acceptors (Lipinski definition) is 5.